The summed E-state index contributed by atoms with van der Waals surface area (Å²) in [4.78, 5) is 38.2. The Hall–Kier alpha value is -3.10. The summed E-state index contributed by atoms with van der Waals surface area (Å²) >= 11 is 0. The largest absolute Gasteiger partial charge is 0.462 e. The second-order valence-corrected chi connectivity index (χ2v) is 7.60. The van der Waals surface area contributed by atoms with Crippen molar-refractivity contribution in [2.24, 2.45) is 10.9 Å². The van der Waals surface area contributed by atoms with Crippen LogP contribution in [0.25, 0.3) is 0 Å². The van der Waals surface area contributed by atoms with Crippen molar-refractivity contribution in [3.05, 3.63) is 29.8 Å². The second kappa shape index (κ2) is 10.6. The van der Waals surface area contributed by atoms with E-state index in [2.05, 4.69) is 15.7 Å². The van der Waals surface area contributed by atoms with Gasteiger partial charge in [0.15, 0.2) is 0 Å². The predicted octanol–water partition coefficient (Wildman–Crippen LogP) is 1.65. The average molecular weight is 415 g/mol. The van der Waals surface area contributed by atoms with E-state index in [1.807, 2.05) is 24.3 Å². The summed E-state index contributed by atoms with van der Waals surface area (Å²) in [7, 11) is 0. The quantitative estimate of drug-likeness (QED) is 0.270. The van der Waals surface area contributed by atoms with Gasteiger partial charge in [0.1, 0.15) is 12.1 Å². The van der Waals surface area contributed by atoms with E-state index in [0.717, 1.165) is 36.9 Å². The van der Waals surface area contributed by atoms with E-state index in [4.69, 9.17) is 10.6 Å². The Balaban J connectivity index is 1.39. The molecule has 0 spiro atoms. The summed E-state index contributed by atoms with van der Waals surface area (Å²) in [5, 5.41) is 8.78. The highest BCUT2D eigenvalue weighted by Gasteiger charge is 2.33. The molecule has 1 aromatic rings. The van der Waals surface area contributed by atoms with Crippen molar-refractivity contribution in [2.45, 2.75) is 57.1 Å². The topological polar surface area (TPSA) is 126 Å². The number of nitrogens with one attached hydrogen (secondary N) is 2. The summed E-state index contributed by atoms with van der Waals surface area (Å²) < 4.78 is 5.42. The van der Waals surface area contributed by atoms with Crippen molar-refractivity contribution >= 4 is 29.8 Å². The Morgan fingerprint density at radius 2 is 1.90 bits per heavy atom. The molecule has 2 fully saturated rings. The number of amides is 3. The molecule has 1 aliphatic carbocycles. The zero-order chi connectivity index (χ0) is 21.3. The number of hydrazone groups is 1. The molecule has 30 heavy (non-hydrogen) atoms. The van der Waals surface area contributed by atoms with Crippen LogP contribution >= 0.6 is 0 Å². The minimum Gasteiger partial charge on any atom is -0.462 e. The van der Waals surface area contributed by atoms with Crippen LogP contribution in [-0.4, -0.2) is 49.4 Å². The average Bonchev–Trinajstić information content (AvgIpc) is 3.10. The van der Waals surface area contributed by atoms with Crippen LogP contribution in [0.2, 0.25) is 0 Å². The summed E-state index contributed by atoms with van der Waals surface area (Å²) in [6.45, 7) is 0.688. The molecule has 1 atom stereocenters. The molecule has 2 aliphatic rings. The number of nitrogens with two attached hydrogens (primary N) is 1. The summed E-state index contributed by atoms with van der Waals surface area (Å²) in [6, 6.07) is 6.21. The molecule has 0 unspecified atom stereocenters. The maximum absolute atomic E-state index is 12.6. The Kier molecular flexibility index (Phi) is 7.64. The molecule has 0 radical (unpaired) electrons. The number of esters is 1. The van der Waals surface area contributed by atoms with Crippen LogP contribution in [0.1, 0.15) is 50.5 Å². The lowest BCUT2D eigenvalue weighted by molar-refractivity contribution is -0.150. The number of nitrogens with zero attached hydrogens (tertiary/aromatic N) is 2. The zero-order valence-corrected chi connectivity index (χ0v) is 17.0. The third-order valence-corrected chi connectivity index (χ3v) is 5.40. The Labute approximate surface area is 176 Å². The maximum Gasteiger partial charge on any atom is 0.315 e. The van der Waals surface area contributed by atoms with Crippen molar-refractivity contribution < 1.29 is 19.1 Å². The first kappa shape index (κ1) is 21.6. The van der Waals surface area contributed by atoms with Gasteiger partial charge in [0, 0.05) is 18.8 Å². The third kappa shape index (κ3) is 5.95. The molecule has 0 aromatic heterocycles. The van der Waals surface area contributed by atoms with Gasteiger partial charge in [-0.1, -0.05) is 18.6 Å². The first-order chi connectivity index (χ1) is 14.6. The molecule has 162 valence electrons. The van der Waals surface area contributed by atoms with Gasteiger partial charge < -0.3 is 26.1 Å². The van der Waals surface area contributed by atoms with Crippen molar-refractivity contribution in [1.29, 1.82) is 0 Å². The van der Waals surface area contributed by atoms with Gasteiger partial charge in [0.2, 0.25) is 5.91 Å². The number of ether oxygens (including phenoxy) is 1. The lowest BCUT2D eigenvalue weighted by Crippen LogP contribution is -2.46. The third-order valence-electron chi connectivity index (χ3n) is 5.40. The number of urea groups is 1. The standard InChI is InChI=1S/C21H29N5O4/c22-24-14-15-6-8-16(9-7-15)26-13-11-18(20(26)28)25-21(29)23-12-10-19(27)30-17-4-2-1-3-5-17/h6-9,14,17-18H,1-5,10-13,22H2,(H2,23,25,29)/t18-/m0/s1. The van der Waals surface area contributed by atoms with E-state index >= 15 is 0 Å². The molecule has 1 aromatic carbocycles. The number of hydrogen-bond donors (Lipinski definition) is 3. The molecule has 1 heterocycles. The van der Waals surface area contributed by atoms with Crippen LogP contribution in [0.4, 0.5) is 10.5 Å². The Morgan fingerprint density at radius 1 is 1.17 bits per heavy atom. The molecule has 4 N–H and O–H groups in total. The van der Waals surface area contributed by atoms with Crippen molar-refractivity contribution in [3.8, 4) is 0 Å². The molecule has 9 nitrogen and oxygen atoms in total. The maximum atomic E-state index is 12.6. The lowest BCUT2D eigenvalue weighted by Gasteiger charge is -2.21. The minimum absolute atomic E-state index is 0.0128. The number of carbonyl (C=O) groups is 3. The normalized spacial score (nSPS) is 19.8. The smallest absolute Gasteiger partial charge is 0.315 e. The highest BCUT2D eigenvalue weighted by Crippen LogP contribution is 2.22. The molecular weight excluding hydrogens is 386 g/mol. The first-order valence-electron chi connectivity index (χ1n) is 10.5. The van der Waals surface area contributed by atoms with Crippen LogP contribution in [-0.2, 0) is 14.3 Å². The number of rotatable bonds is 7. The van der Waals surface area contributed by atoms with Crippen LogP contribution in [0.3, 0.4) is 0 Å². The SMILES string of the molecule is NN=Cc1ccc(N2CC[C@H](NC(=O)NCCC(=O)OC3CCCCC3)C2=O)cc1. The number of hydrogen-bond acceptors (Lipinski definition) is 6. The molecule has 1 aliphatic heterocycles. The molecule has 1 saturated heterocycles. The van der Waals surface area contributed by atoms with Crippen LogP contribution in [0, 0.1) is 0 Å². The predicted molar refractivity (Wildman–Crippen MR) is 113 cm³/mol. The fourth-order valence-electron chi connectivity index (χ4n) is 3.81. The minimum atomic E-state index is -0.593. The molecular formula is C21H29N5O4. The van der Waals surface area contributed by atoms with Crippen LogP contribution in [0.15, 0.2) is 29.4 Å². The van der Waals surface area contributed by atoms with Gasteiger partial charge in [-0.3, -0.25) is 9.59 Å². The van der Waals surface area contributed by atoms with E-state index in [1.165, 1.54) is 12.6 Å². The van der Waals surface area contributed by atoms with E-state index in [9.17, 15) is 14.4 Å². The fourth-order valence-corrected chi connectivity index (χ4v) is 3.81. The van der Waals surface area contributed by atoms with Crippen molar-refractivity contribution in [2.75, 3.05) is 18.0 Å². The van der Waals surface area contributed by atoms with E-state index in [0.29, 0.717) is 13.0 Å². The summed E-state index contributed by atoms with van der Waals surface area (Å²) in [6.07, 6.45) is 7.39. The van der Waals surface area contributed by atoms with Crippen molar-refractivity contribution in [3.63, 3.8) is 0 Å². The summed E-state index contributed by atoms with van der Waals surface area (Å²) in [5.74, 6) is 4.67. The van der Waals surface area contributed by atoms with Gasteiger partial charge in [-0.2, -0.15) is 5.10 Å². The van der Waals surface area contributed by atoms with Gasteiger partial charge in [0.05, 0.1) is 12.6 Å². The van der Waals surface area contributed by atoms with Gasteiger partial charge >= 0.3 is 12.0 Å². The fraction of sp³-hybridized carbons (Fsp3) is 0.524. The highest BCUT2D eigenvalue weighted by atomic mass is 16.5. The zero-order valence-electron chi connectivity index (χ0n) is 17.0. The van der Waals surface area contributed by atoms with Gasteiger partial charge in [-0.25, -0.2) is 4.79 Å². The highest BCUT2D eigenvalue weighted by molar-refractivity contribution is 6.01. The van der Waals surface area contributed by atoms with Crippen molar-refractivity contribution in [1.82, 2.24) is 10.6 Å². The van der Waals surface area contributed by atoms with Gasteiger partial charge in [-0.05, 0) is 49.8 Å². The molecule has 3 amide bonds. The second-order valence-electron chi connectivity index (χ2n) is 7.60. The Morgan fingerprint density at radius 3 is 2.60 bits per heavy atom. The molecule has 0 bridgehead atoms. The lowest BCUT2D eigenvalue weighted by atomic mass is 9.98. The summed E-state index contributed by atoms with van der Waals surface area (Å²) in [5.41, 5.74) is 1.59. The molecule has 3 rings (SSSR count). The number of carbonyl (C=O) groups excluding carboxylic acids is 3. The number of benzene rings is 1. The van der Waals surface area contributed by atoms with E-state index in [-0.39, 0.29) is 30.9 Å². The molecule has 9 heteroatoms. The molecule has 1 saturated carbocycles. The Bertz CT molecular complexity index is 774. The van der Waals surface area contributed by atoms with E-state index in [1.54, 1.807) is 4.90 Å². The van der Waals surface area contributed by atoms with Gasteiger partial charge in [0.25, 0.3) is 0 Å². The van der Waals surface area contributed by atoms with Crippen LogP contribution < -0.4 is 21.4 Å². The van der Waals surface area contributed by atoms with Crippen LogP contribution in [0.5, 0.6) is 0 Å². The monoisotopic (exact) mass is 415 g/mol. The van der Waals surface area contributed by atoms with Gasteiger partial charge in [-0.15, -0.1) is 0 Å². The number of anilines is 1. The first-order valence-corrected chi connectivity index (χ1v) is 10.5. The van der Waals surface area contributed by atoms with E-state index < -0.39 is 12.1 Å².